The summed E-state index contributed by atoms with van der Waals surface area (Å²) < 4.78 is 73.8. The minimum absolute atomic E-state index is 0.0618. The lowest BCUT2D eigenvalue weighted by Crippen LogP contribution is -2.61. The van der Waals surface area contributed by atoms with E-state index in [2.05, 4.69) is 0 Å². The van der Waals surface area contributed by atoms with Crippen LogP contribution in [0.25, 0.3) is 0 Å². The van der Waals surface area contributed by atoms with Gasteiger partial charge in [-0.3, -0.25) is 9.89 Å². The zero-order valence-electron chi connectivity index (χ0n) is 26.3. The van der Waals surface area contributed by atoms with Gasteiger partial charge in [0.25, 0.3) is 0 Å². The van der Waals surface area contributed by atoms with Gasteiger partial charge in [-0.1, -0.05) is 47.5 Å². The molecule has 0 N–H and O–H groups in total. The quantitative estimate of drug-likeness (QED) is 0.256. The van der Waals surface area contributed by atoms with E-state index in [0.717, 1.165) is 12.1 Å². The fourth-order valence-electron chi connectivity index (χ4n) is 6.21. The Kier molecular flexibility index (Phi) is 9.64. The number of carbonyl (C=O) groups is 1. The number of sulfonamides is 1. The zero-order chi connectivity index (χ0) is 34.4. The summed E-state index contributed by atoms with van der Waals surface area (Å²) in [6.07, 6.45) is -4.63. The standard InChI is InChI=1S/C33H35Cl2F3N4O4S/c1-5-46-28-21-24(33(36,37)38)11-16-27(28)29-39-31(3,22-7-12-25(34)13-8-22)32(4,23-9-14-26(35)15-10-23)42(29)30(43)40-17-19-41(20-18-40)47(44,45)6-2/h7-16,21H,5-6,17-20H2,1-4H3. The molecule has 2 amide bonds. The first-order valence-corrected chi connectivity index (χ1v) is 17.5. The molecule has 2 unspecified atom stereocenters. The number of amides is 2. The first-order chi connectivity index (χ1) is 22.1. The third-order valence-electron chi connectivity index (χ3n) is 9.06. The van der Waals surface area contributed by atoms with Gasteiger partial charge in [-0.15, -0.1) is 0 Å². The normalized spacial score (nSPS) is 22.4. The highest BCUT2D eigenvalue weighted by Gasteiger charge is 2.60. The fourth-order valence-corrected chi connectivity index (χ4v) is 7.54. The molecule has 0 radical (unpaired) electrons. The molecule has 8 nitrogen and oxygen atoms in total. The Morgan fingerprint density at radius 3 is 1.96 bits per heavy atom. The highest BCUT2D eigenvalue weighted by Crippen LogP contribution is 2.54. The molecule has 3 aromatic carbocycles. The number of rotatable bonds is 7. The molecule has 1 fully saturated rings. The number of ether oxygens (including phenoxy) is 1. The van der Waals surface area contributed by atoms with Crippen LogP contribution in [0.4, 0.5) is 18.0 Å². The van der Waals surface area contributed by atoms with E-state index in [1.807, 2.05) is 13.8 Å². The molecule has 0 aliphatic carbocycles. The molecule has 5 rings (SSSR count). The fraction of sp³-hybridized carbons (Fsp3) is 0.394. The molecule has 0 saturated carbocycles. The number of hydrogen-bond donors (Lipinski definition) is 0. The van der Waals surface area contributed by atoms with Crippen LogP contribution in [-0.2, 0) is 27.3 Å². The maximum atomic E-state index is 14.9. The molecule has 252 valence electrons. The largest absolute Gasteiger partial charge is 0.493 e. The van der Waals surface area contributed by atoms with E-state index in [4.69, 9.17) is 32.9 Å². The molecule has 14 heteroatoms. The van der Waals surface area contributed by atoms with Gasteiger partial charge >= 0.3 is 12.2 Å². The van der Waals surface area contributed by atoms with E-state index in [0.29, 0.717) is 21.2 Å². The summed E-state index contributed by atoms with van der Waals surface area (Å²) in [6.45, 7) is 7.38. The van der Waals surface area contributed by atoms with Gasteiger partial charge in [-0.2, -0.15) is 17.5 Å². The van der Waals surface area contributed by atoms with Crippen LogP contribution >= 0.6 is 23.2 Å². The van der Waals surface area contributed by atoms with Gasteiger partial charge in [0.2, 0.25) is 10.0 Å². The summed E-state index contributed by atoms with van der Waals surface area (Å²) in [5.74, 6) is -0.0475. The predicted octanol–water partition coefficient (Wildman–Crippen LogP) is 7.39. The van der Waals surface area contributed by atoms with E-state index in [-0.39, 0.29) is 55.7 Å². The van der Waals surface area contributed by atoms with Gasteiger partial charge in [-0.05, 0) is 81.3 Å². The second-order valence-electron chi connectivity index (χ2n) is 11.6. The number of hydrogen-bond acceptors (Lipinski definition) is 5. The van der Waals surface area contributed by atoms with Crippen LogP contribution in [0.15, 0.2) is 71.7 Å². The van der Waals surface area contributed by atoms with Crippen LogP contribution in [0.5, 0.6) is 5.75 Å². The highest BCUT2D eigenvalue weighted by atomic mass is 35.5. The third-order valence-corrected chi connectivity index (χ3v) is 11.4. The molecule has 2 aliphatic rings. The number of nitrogens with zero attached hydrogens (tertiary/aromatic N) is 4. The van der Waals surface area contributed by atoms with Gasteiger partial charge in [0.05, 0.1) is 23.5 Å². The van der Waals surface area contributed by atoms with Gasteiger partial charge in [0.15, 0.2) is 0 Å². The number of halogens is 5. The average molecular weight is 712 g/mol. The van der Waals surface area contributed by atoms with Crippen molar-refractivity contribution in [3.8, 4) is 5.75 Å². The third kappa shape index (κ3) is 6.32. The molecule has 0 spiro atoms. The van der Waals surface area contributed by atoms with Crippen molar-refractivity contribution < 1.29 is 31.1 Å². The lowest BCUT2D eigenvalue weighted by Gasteiger charge is -2.47. The molecule has 2 heterocycles. The highest BCUT2D eigenvalue weighted by molar-refractivity contribution is 7.89. The Morgan fingerprint density at radius 2 is 1.45 bits per heavy atom. The van der Waals surface area contributed by atoms with Crippen LogP contribution in [0.1, 0.15) is 49.9 Å². The summed E-state index contributed by atoms with van der Waals surface area (Å²) in [5.41, 5.74) is -1.86. The Morgan fingerprint density at radius 1 is 0.894 bits per heavy atom. The molecule has 0 bridgehead atoms. The van der Waals surface area contributed by atoms with Crippen molar-refractivity contribution in [2.75, 3.05) is 38.5 Å². The number of aliphatic imine (C=N–C) groups is 1. The Bertz CT molecular complexity index is 1780. The summed E-state index contributed by atoms with van der Waals surface area (Å²) in [5, 5.41) is 0.958. The molecule has 1 saturated heterocycles. The molecular formula is C33H35Cl2F3N4O4S. The van der Waals surface area contributed by atoms with Crippen LogP contribution < -0.4 is 4.74 Å². The van der Waals surface area contributed by atoms with E-state index in [9.17, 15) is 26.4 Å². The van der Waals surface area contributed by atoms with Gasteiger partial charge in [-0.25, -0.2) is 13.2 Å². The summed E-state index contributed by atoms with van der Waals surface area (Å²) in [7, 11) is -3.47. The lowest BCUT2D eigenvalue weighted by molar-refractivity contribution is -0.137. The smallest absolute Gasteiger partial charge is 0.416 e. The average Bonchev–Trinajstić information content (AvgIpc) is 3.29. The molecule has 3 aromatic rings. The minimum Gasteiger partial charge on any atom is -0.493 e. The van der Waals surface area contributed by atoms with Crippen molar-refractivity contribution >= 4 is 45.1 Å². The maximum Gasteiger partial charge on any atom is 0.416 e. The number of carbonyl (C=O) groups excluding carboxylic acids is 1. The van der Waals surface area contributed by atoms with E-state index >= 15 is 0 Å². The lowest BCUT2D eigenvalue weighted by atomic mass is 9.71. The Labute approximate surface area is 282 Å². The monoisotopic (exact) mass is 710 g/mol. The van der Waals surface area contributed by atoms with E-state index in [1.54, 1.807) is 67.3 Å². The molecule has 47 heavy (non-hydrogen) atoms. The predicted molar refractivity (Wildman–Crippen MR) is 177 cm³/mol. The van der Waals surface area contributed by atoms with Gasteiger partial charge in [0.1, 0.15) is 22.7 Å². The Balaban J connectivity index is 1.74. The van der Waals surface area contributed by atoms with Crippen LogP contribution in [-0.4, -0.2) is 72.9 Å². The van der Waals surface area contributed by atoms with Crippen LogP contribution in [0.2, 0.25) is 10.0 Å². The van der Waals surface area contributed by atoms with E-state index < -0.39 is 38.9 Å². The summed E-state index contributed by atoms with van der Waals surface area (Å²) >= 11 is 12.5. The summed E-state index contributed by atoms with van der Waals surface area (Å²) in [4.78, 5) is 23.1. The number of benzene rings is 3. The number of alkyl halides is 3. The first kappa shape index (κ1) is 35.0. The second kappa shape index (κ2) is 12.9. The molecule has 2 aliphatic heterocycles. The minimum atomic E-state index is -4.63. The first-order valence-electron chi connectivity index (χ1n) is 15.1. The van der Waals surface area contributed by atoms with Crippen LogP contribution in [0, 0.1) is 0 Å². The van der Waals surface area contributed by atoms with Crippen LogP contribution in [0.3, 0.4) is 0 Å². The molecule has 2 atom stereocenters. The molecule has 0 aromatic heterocycles. The van der Waals surface area contributed by atoms with Gasteiger partial charge < -0.3 is 9.64 Å². The van der Waals surface area contributed by atoms with Crippen molar-refractivity contribution in [2.24, 2.45) is 4.99 Å². The number of amidine groups is 1. The van der Waals surface area contributed by atoms with Crippen molar-refractivity contribution in [3.05, 3.63) is 99.0 Å². The van der Waals surface area contributed by atoms with Crippen molar-refractivity contribution in [1.82, 2.24) is 14.1 Å². The summed E-state index contributed by atoms with van der Waals surface area (Å²) in [6, 6.07) is 16.6. The van der Waals surface area contributed by atoms with Crippen molar-refractivity contribution in [1.29, 1.82) is 0 Å². The topological polar surface area (TPSA) is 82.5 Å². The van der Waals surface area contributed by atoms with E-state index in [1.165, 1.54) is 15.3 Å². The Hall–Kier alpha value is -3.32. The zero-order valence-corrected chi connectivity index (χ0v) is 28.6. The number of urea groups is 1. The molecular weight excluding hydrogens is 676 g/mol. The number of piperazine rings is 1. The second-order valence-corrected chi connectivity index (χ2v) is 14.8. The SMILES string of the molecule is CCOc1cc(C(F)(F)F)ccc1C1=NC(C)(c2ccc(Cl)cc2)C(C)(c2ccc(Cl)cc2)N1C(=O)N1CCN(S(=O)(=O)CC)CC1. The maximum absolute atomic E-state index is 14.9. The van der Waals surface area contributed by atoms with Crippen molar-refractivity contribution in [3.63, 3.8) is 0 Å². The van der Waals surface area contributed by atoms with Gasteiger partial charge in [0, 0.05) is 36.2 Å². The van der Waals surface area contributed by atoms with Crippen molar-refractivity contribution in [2.45, 2.75) is 44.9 Å².